The predicted octanol–water partition coefficient (Wildman–Crippen LogP) is 4.48. The number of pyridine rings is 1. The number of para-hydroxylation sites is 1. The van der Waals surface area contributed by atoms with Gasteiger partial charge in [-0.1, -0.05) is 23.7 Å². The molecule has 1 aromatic carbocycles. The maximum absolute atomic E-state index is 12.5. The molecular weight excluding hydrogens is 434 g/mol. The summed E-state index contributed by atoms with van der Waals surface area (Å²) in [6.07, 6.45) is 4.10. The third kappa shape index (κ3) is 3.58. The highest BCUT2D eigenvalue weighted by Crippen LogP contribution is 2.22. The van der Waals surface area contributed by atoms with Crippen molar-refractivity contribution in [1.29, 1.82) is 0 Å². The maximum atomic E-state index is 12.5. The van der Waals surface area contributed by atoms with Gasteiger partial charge in [0.05, 0.1) is 28.0 Å². The number of ether oxygens (including phenoxy) is 1. The van der Waals surface area contributed by atoms with Gasteiger partial charge in [0.2, 0.25) is 0 Å². The SMILES string of the molecule is C[C@@H](OC(=O)c1cnn(-c2ccccc2Cl)c1)c1nc2ncc(Br)cc2[nH]1. The topological polar surface area (TPSA) is 85.7 Å². The lowest BCUT2D eigenvalue weighted by Gasteiger charge is -2.09. The number of fused-ring (bicyclic) bond motifs is 1. The number of hydrogen-bond donors (Lipinski definition) is 1. The summed E-state index contributed by atoms with van der Waals surface area (Å²) in [5, 5.41) is 4.72. The molecule has 3 heterocycles. The minimum atomic E-state index is -0.575. The number of nitrogens with one attached hydrogen (secondary N) is 1. The van der Waals surface area contributed by atoms with Crippen LogP contribution in [0.4, 0.5) is 0 Å². The lowest BCUT2D eigenvalue weighted by molar-refractivity contribution is 0.0322. The fourth-order valence-corrected chi connectivity index (χ4v) is 3.12. The second-order valence-corrected chi connectivity index (χ2v) is 7.14. The average molecular weight is 447 g/mol. The number of rotatable bonds is 4. The molecule has 0 fully saturated rings. The number of esters is 1. The summed E-state index contributed by atoms with van der Waals surface area (Å²) in [6, 6.07) is 9.10. The Morgan fingerprint density at radius 2 is 2.15 bits per heavy atom. The molecule has 4 rings (SSSR count). The molecule has 1 N–H and O–H groups in total. The van der Waals surface area contributed by atoms with Crippen LogP contribution in [0.15, 0.2) is 53.4 Å². The van der Waals surface area contributed by atoms with Crippen molar-refractivity contribution in [2.24, 2.45) is 0 Å². The van der Waals surface area contributed by atoms with Gasteiger partial charge in [0, 0.05) is 16.9 Å². The summed E-state index contributed by atoms with van der Waals surface area (Å²) in [6.45, 7) is 1.74. The molecule has 0 aliphatic carbocycles. The second kappa shape index (κ2) is 7.13. The van der Waals surface area contributed by atoms with E-state index in [1.807, 2.05) is 24.3 Å². The van der Waals surface area contributed by atoms with E-state index in [0.29, 0.717) is 27.7 Å². The number of H-pyrrole nitrogens is 1. The lowest BCUT2D eigenvalue weighted by atomic mass is 10.3. The average Bonchev–Trinajstić information content (AvgIpc) is 3.28. The summed E-state index contributed by atoms with van der Waals surface area (Å²) in [7, 11) is 0. The molecule has 0 aliphatic heterocycles. The fraction of sp³-hybridized carbons (Fsp3) is 0.111. The van der Waals surface area contributed by atoms with Crippen LogP contribution >= 0.6 is 27.5 Å². The maximum Gasteiger partial charge on any atom is 0.342 e. The molecule has 3 aromatic heterocycles. The van der Waals surface area contributed by atoms with Gasteiger partial charge < -0.3 is 9.72 Å². The van der Waals surface area contributed by atoms with Crippen LogP contribution < -0.4 is 0 Å². The van der Waals surface area contributed by atoms with Crippen LogP contribution in [0.1, 0.15) is 29.2 Å². The molecule has 0 saturated carbocycles. The number of aromatic amines is 1. The number of imidazole rings is 1. The highest BCUT2D eigenvalue weighted by molar-refractivity contribution is 9.10. The fourth-order valence-electron chi connectivity index (χ4n) is 2.57. The normalized spacial score (nSPS) is 12.3. The Kier molecular flexibility index (Phi) is 4.67. The summed E-state index contributed by atoms with van der Waals surface area (Å²) < 4.78 is 7.87. The van der Waals surface area contributed by atoms with Crippen molar-refractivity contribution < 1.29 is 9.53 Å². The van der Waals surface area contributed by atoms with Crippen molar-refractivity contribution in [3.05, 3.63) is 69.8 Å². The van der Waals surface area contributed by atoms with Crippen LogP contribution in [0.5, 0.6) is 0 Å². The number of aromatic nitrogens is 5. The number of carbonyl (C=O) groups excluding carboxylic acids is 1. The first-order valence-electron chi connectivity index (χ1n) is 8.03. The van der Waals surface area contributed by atoms with Gasteiger partial charge in [0.1, 0.15) is 5.82 Å². The number of hydrogen-bond acceptors (Lipinski definition) is 5. The molecular formula is C18H13BrClN5O2. The molecule has 27 heavy (non-hydrogen) atoms. The van der Waals surface area contributed by atoms with E-state index < -0.39 is 12.1 Å². The molecule has 0 unspecified atom stereocenters. The van der Waals surface area contributed by atoms with Crippen LogP contribution in [0.2, 0.25) is 5.02 Å². The minimum absolute atomic E-state index is 0.318. The van der Waals surface area contributed by atoms with Crippen molar-refractivity contribution in [2.45, 2.75) is 13.0 Å². The van der Waals surface area contributed by atoms with Crippen molar-refractivity contribution in [3.63, 3.8) is 0 Å². The first kappa shape index (κ1) is 17.7. The number of nitrogens with zero attached hydrogens (tertiary/aromatic N) is 4. The van der Waals surface area contributed by atoms with Crippen LogP contribution in [0.3, 0.4) is 0 Å². The molecule has 4 aromatic rings. The zero-order valence-electron chi connectivity index (χ0n) is 14.1. The number of halogens is 2. The zero-order chi connectivity index (χ0) is 19.0. The largest absolute Gasteiger partial charge is 0.451 e. The first-order valence-corrected chi connectivity index (χ1v) is 9.20. The quantitative estimate of drug-likeness (QED) is 0.467. The number of carbonyl (C=O) groups is 1. The van der Waals surface area contributed by atoms with Crippen LogP contribution in [-0.2, 0) is 4.74 Å². The van der Waals surface area contributed by atoms with E-state index in [9.17, 15) is 4.79 Å². The molecule has 9 heteroatoms. The second-order valence-electron chi connectivity index (χ2n) is 5.82. The summed E-state index contributed by atoms with van der Waals surface area (Å²) >= 11 is 9.52. The van der Waals surface area contributed by atoms with Crippen molar-refractivity contribution in [1.82, 2.24) is 24.7 Å². The van der Waals surface area contributed by atoms with Gasteiger partial charge in [-0.3, -0.25) is 0 Å². The van der Waals surface area contributed by atoms with E-state index >= 15 is 0 Å². The standard InChI is InChI=1S/C18H13BrClN5O2/c1-10(16-23-14-6-12(19)8-21-17(14)24-16)27-18(26)11-7-22-25(9-11)15-5-3-2-4-13(15)20/h2-10H,1H3,(H,21,23,24)/t10-/m1/s1. The zero-order valence-corrected chi connectivity index (χ0v) is 16.4. The third-order valence-corrected chi connectivity index (χ3v) is 4.66. The van der Waals surface area contributed by atoms with E-state index in [1.165, 1.54) is 10.9 Å². The molecule has 0 saturated heterocycles. The lowest BCUT2D eigenvalue weighted by Crippen LogP contribution is -2.10. The predicted molar refractivity (Wildman–Crippen MR) is 104 cm³/mol. The van der Waals surface area contributed by atoms with E-state index in [1.54, 1.807) is 25.4 Å². The minimum Gasteiger partial charge on any atom is -0.451 e. The molecule has 0 radical (unpaired) electrons. The molecule has 0 aliphatic rings. The Morgan fingerprint density at radius 1 is 1.33 bits per heavy atom. The number of benzene rings is 1. The molecule has 0 bridgehead atoms. The third-order valence-electron chi connectivity index (χ3n) is 3.91. The van der Waals surface area contributed by atoms with Gasteiger partial charge in [-0.2, -0.15) is 5.10 Å². The van der Waals surface area contributed by atoms with Crippen LogP contribution in [0.25, 0.3) is 16.9 Å². The van der Waals surface area contributed by atoms with Gasteiger partial charge in [-0.25, -0.2) is 19.4 Å². The molecule has 1 atom stereocenters. The van der Waals surface area contributed by atoms with Crippen molar-refractivity contribution in [2.75, 3.05) is 0 Å². The molecule has 136 valence electrons. The Hall–Kier alpha value is -2.71. The Balaban J connectivity index is 1.52. The van der Waals surface area contributed by atoms with Crippen LogP contribution in [-0.4, -0.2) is 30.7 Å². The molecule has 7 nitrogen and oxygen atoms in total. The molecule has 0 amide bonds. The van der Waals surface area contributed by atoms with Crippen LogP contribution in [0, 0.1) is 0 Å². The van der Waals surface area contributed by atoms with Gasteiger partial charge in [0.15, 0.2) is 11.8 Å². The van der Waals surface area contributed by atoms with E-state index in [2.05, 4.69) is 36.0 Å². The Bertz CT molecular complexity index is 1140. The highest BCUT2D eigenvalue weighted by atomic mass is 79.9. The van der Waals surface area contributed by atoms with Gasteiger partial charge in [0.25, 0.3) is 0 Å². The summed E-state index contributed by atoms with van der Waals surface area (Å²) in [5.74, 6) is 0.0119. The van der Waals surface area contributed by atoms with Gasteiger partial charge >= 0.3 is 5.97 Å². The van der Waals surface area contributed by atoms with E-state index in [-0.39, 0.29) is 0 Å². The van der Waals surface area contributed by atoms with Crippen molar-refractivity contribution >= 4 is 44.7 Å². The van der Waals surface area contributed by atoms with E-state index in [4.69, 9.17) is 16.3 Å². The summed E-state index contributed by atoms with van der Waals surface area (Å²) in [5.41, 5.74) is 2.32. The van der Waals surface area contributed by atoms with E-state index in [0.717, 1.165) is 9.99 Å². The van der Waals surface area contributed by atoms with Gasteiger partial charge in [-0.05, 0) is 41.1 Å². The highest BCUT2D eigenvalue weighted by Gasteiger charge is 2.19. The smallest absolute Gasteiger partial charge is 0.342 e. The Morgan fingerprint density at radius 3 is 2.96 bits per heavy atom. The monoisotopic (exact) mass is 445 g/mol. The van der Waals surface area contributed by atoms with Gasteiger partial charge in [-0.15, -0.1) is 0 Å². The summed E-state index contributed by atoms with van der Waals surface area (Å²) in [4.78, 5) is 24.1. The molecule has 0 spiro atoms. The van der Waals surface area contributed by atoms with Crippen molar-refractivity contribution in [3.8, 4) is 5.69 Å². The Labute approximate surface area is 167 Å². The first-order chi connectivity index (χ1) is 13.0.